The van der Waals surface area contributed by atoms with Crippen molar-refractivity contribution in [3.8, 4) is 0 Å². The molecule has 30 heavy (non-hydrogen) atoms. The van der Waals surface area contributed by atoms with Crippen LogP contribution in [0.3, 0.4) is 0 Å². The Kier molecular flexibility index (Phi) is 6.26. The van der Waals surface area contributed by atoms with Gasteiger partial charge in [-0.2, -0.15) is 0 Å². The Bertz CT molecular complexity index is 641. The van der Waals surface area contributed by atoms with Gasteiger partial charge in [-0.15, -0.1) is 0 Å². The summed E-state index contributed by atoms with van der Waals surface area (Å²) in [4.78, 5) is 0. The lowest BCUT2D eigenvalue weighted by Crippen LogP contribution is -2.58. The van der Waals surface area contributed by atoms with Crippen molar-refractivity contribution in [1.29, 1.82) is 0 Å². The summed E-state index contributed by atoms with van der Waals surface area (Å²) >= 11 is 0. The number of rotatable bonds is 4. The fourth-order valence-electron chi connectivity index (χ4n) is 8.89. The van der Waals surface area contributed by atoms with Crippen LogP contribution in [-0.4, -0.2) is 22.4 Å². The van der Waals surface area contributed by atoms with E-state index in [1.807, 2.05) is 0 Å². The molecule has 0 amide bonds. The van der Waals surface area contributed by atoms with Crippen LogP contribution in [0.1, 0.15) is 92.9 Å². The van der Waals surface area contributed by atoms with Crippen molar-refractivity contribution < 1.29 is 10.2 Å². The minimum Gasteiger partial charge on any atom is -0.393 e. The second kappa shape index (κ2) is 8.22. The Balaban J connectivity index is 1.53. The molecule has 0 bridgehead atoms. The van der Waals surface area contributed by atoms with Gasteiger partial charge in [-0.1, -0.05) is 53.7 Å². The van der Waals surface area contributed by atoms with E-state index in [1.165, 1.54) is 25.7 Å². The second-order valence-corrected chi connectivity index (χ2v) is 12.8. The molecule has 4 rings (SSSR count). The van der Waals surface area contributed by atoms with Crippen molar-refractivity contribution in [2.75, 3.05) is 0 Å². The van der Waals surface area contributed by atoms with E-state index in [2.05, 4.69) is 53.7 Å². The Hall–Kier alpha value is -0.340. The van der Waals surface area contributed by atoms with Crippen LogP contribution >= 0.6 is 0 Å². The molecule has 4 aliphatic carbocycles. The number of hydrogen-bond donors (Lipinski definition) is 2. The van der Waals surface area contributed by atoms with E-state index in [4.69, 9.17) is 0 Å². The van der Waals surface area contributed by atoms with Crippen LogP contribution in [0.4, 0.5) is 0 Å². The SMILES string of the molecule is CC(C)[C@@H](C)/C=C/[C@@H](C)[C@H]1CC[C@H]2[C@@H]3C[C@H](O)[C@H]4C[C@@H](O)CC[C@]4(C)[C@H]3CC[C@]12C. The van der Waals surface area contributed by atoms with E-state index in [1.54, 1.807) is 0 Å². The molecule has 4 fully saturated rings. The first-order valence-corrected chi connectivity index (χ1v) is 13.1. The Morgan fingerprint density at radius 1 is 0.767 bits per heavy atom. The fraction of sp³-hybridized carbons (Fsp3) is 0.929. The van der Waals surface area contributed by atoms with E-state index < -0.39 is 0 Å². The van der Waals surface area contributed by atoms with Crippen LogP contribution in [0, 0.1) is 58.2 Å². The molecular weight excluding hydrogens is 368 g/mol. The Morgan fingerprint density at radius 3 is 2.13 bits per heavy atom. The summed E-state index contributed by atoms with van der Waals surface area (Å²) < 4.78 is 0. The van der Waals surface area contributed by atoms with Crippen LogP contribution < -0.4 is 0 Å². The smallest absolute Gasteiger partial charge is 0.0577 e. The molecule has 0 heterocycles. The highest BCUT2D eigenvalue weighted by molar-refractivity contribution is 5.12. The number of aliphatic hydroxyl groups is 2. The summed E-state index contributed by atoms with van der Waals surface area (Å²) in [5, 5.41) is 21.4. The summed E-state index contributed by atoms with van der Waals surface area (Å²) in [7, 11) is 0. The molecule has 4 aliphatic rings. The Labute approximate surface area is 185 Å². The van der Waals surface area contributed by atoms with Crippen LogP contribution in [0.2, 0.25) is 0 Å². The average molecular weight is 417 g/mol. The first-order chi connectivity index (χ1) is 14.1. The van der Waals surface area contributed by atoms with Gasteiger partial charge in [0.05, 0.1) is 12.2 Å². The molecule has 0 aromatic carbocycles. The van der Waals surface area contributed by atoms with Crippen molar-refractivity contribution in [3.05, 3.63) is 12.2 Å². The molecule has 0 spiro atoms. The van der Waals surface area contributed by atoms with Crippen molar-refractivity contribution in [1.82, 2.24) is 0 Å². The van der Waals surface area contributed by atoms with Crippen molar-refractivity contribution in [3.63, 3.8) is 0 Å². The van der Waals surface area contributed by atoms with Gasteiger partial charge in [-0.3, -0.25) is 0 Å². The van der Waals surface area contributed by atoms with Crippen molar-refractivity contribution in [2.45, 2.75) is 105 Å². The molecular formula is C28H48O2. The van der Waals surface area contributed by atoms with E-state index in [0.717, 1.165) is 43.4 Å². The average Bonchev–Trinajstić information content (AvgIpc) is 3.04. The molecule has 172 valence electrons. The van der Waals surface area contributed by atoms with Crippen LogP contribution in [0.5, 0.6) is 0 Å². The second-order valence-electron chi connectivity index (χ2n) is 12.8. The van der Waals surface area contributed by atoms with Gasteiger partial charge in [0.1, 0.15) is 0 Å². The first kappa shape index (κ1) is 22.8. The normalized spacial score (nSPS) is 50.8. The van der Waals surface area contributed by atoms with Gasteiger partial charge in [0, 0.05) is 0 Å². The maximum atomic E-state index is 11.2. The maximum absolute atomic E-state index is 11.2. The summed E-state index contributed by atoms with van der Waals surface area (Å²) in [5.74, 6) is 5.33. The van der Waals surface area contributed by atoms with Gasteiger partial charge >= 0.3 is 0 Å². The molecule has 2 nitrogen and oxygen atoms in total. The van der Waals surface area contributed by atoms with Gasteiger partial charge < -0.3 is 10.2 Å². The molecule has 0 aliphatic heterocycles. The zero-order valence-electron chi connectivity index (χ0n) is 20.5. The summed E-state index contributed by atoms with van der Waals surface area (Å²) in [6.45, 7) is 14.5. The zero-order valence-corrected chi connectivity index (χ0v) is 20.5. The van der Waals surface area contributed by atoms with Gasteiger partial charge in [0.25, 0.3) is 0 Å². The predicted molar refractivity (Wildman–Crippen MR) is 125 cm³/mol. The van der Waals surface area contributed by atoms with Crippen LogP contribution in [0.15, 0.2) is 12.2 Å². The van der Waals surface area contributed by atoms with Crippen LogP contribution in [0.25, 0.3) is 0 Å². The molecule has 0 aromatic rings. The lowest BCUT2D eigenvalue weighted by Gasteiger charge is -2.62. The third kappa shape index (κ3) is 3.62. The van der Waals surface area contributed by atoms with Crippen molar-refractivity contribution >= 4 is 0 Å². The Morgan fingerprint density at radius 2 is 1.43 bits per heavy atom. The molecule has 2 N–H and O–H groups in total. The van der Waals surface area contributed by atoms with Crippen LogP contribution in [-0.2, 0) is 0 Å². The molecule has 2 heteroatoms. The number of aliphatic hydroxyl groups excluding tert-OH is 2. The zero-order chi connectivity index (χ0) is 21.8. The lowest BCUT2D eigenvalue weighted by atomic mass is 9.44. The third-order valence-corrected chi connectivity index (χ3v) is 11.1. The number of fused-ring (bicyclic) bond motifs is 5. The van der Waals surface area contributed by atoms with E-state index in [-0.39, 0.29) is 17.6 Å². The quantitative estimate of drug-likeness (QED) is 0.516. The number of allylic oxidation sites excluding steroid dienone is 2. The largest absolute Gasteiger partial charge is 0.393 e. The molecule has 11 atom stereocenters. The van der Waals surface area contributed by atoms with E-state index in [0.29, 0.717) is 35.0 Å². The highest BCUT2D eigenvalue weighted by Gasteiger charge is 2.62. The van der Waals surface area contributed by atoms with Gasteiger partial charge in [-0.25, -0.2) is 0 Å². The summed E-state index contributed by atoms with van der Waals surface area (Å²) in [6, 6.07) is 0. The van der Waals surface area contributed by atoms with Gasteiger partial charge in [-0.05, 0) is 110 Å². The highest BCUT2D eigenvalue weighted by Crippen LogP contribution is 2.68. The molecule has 0 saturated heterocycles. The maximum Gasteiger partial charge on any atom is 0.0577 e. The highest BCUT2D eigenvalue weighted by atomic mass is 16.3. The number of hydrogen-bond acceptors (Lipinski definition) is 2. The summed E-state index contributed by atoms with van der Waals surface area (Å²) in [6.07, 6.45) is 13.9. The standard InChI is InChI=1S/C28H48O2/c1-17(2)18(3)7-8-19(4)22-9-10-23-21-16-26(30)25-15-20(29)11-13-28(25,6)24(21)12-14-27(22,23)5/h7-8,17-26,29-30H,9-16H2,1-6H3/b8-7+/t18-,19+,20-,21-,22+,23-,24-,25+,26-,27+,28+/m0/s1. The van der Waals surface area contributed by atoms with Gasteiger partial charge in [0.15, 0.2) is 0 Å². The minimum absolute atomic E-state index is 0.195. The molecule has 4 saturated carbocycles. The van der Waals surface area contributed by atoms with E-state index >= 15 is 0 Å². The molecule has 0 aromatic heterocycles. The fourth-order valence-corrected chi connectivity index (χ4v) is 8.89. The van der Waals surface area contributed by atoms with Crippen molar-refractivity contribution in [2.24, 2.45) is 58.2 Å². The molecule has 0 unspecified atom stereocenters. The first-order valence-electron chi connectivity index (χ1n) is 13.1. The molecule has 0 radical (unpaired) electrons. The lowest BCUT2D eigenvalue weighted by molar-refractivity contribution is -0.171. The monoisotopic (exact) mass is 416 g/mol. The summed E-state index contributed by atoms with van der Waals surface area (Å²) in [5.41, 5.74) is 0.669. The topological polar surface area (TPSA) is 40.5 Å². The van der Waals surface area contributed by atoms with Gasteiger partial charge in [0.2, 0.25) is 0 Å². The predicted octanol–water partition coefficient (Wildman–Crippen LogP) is 6.46. The minimum atomic E-state index is -0.211. The third-order valence-electron chi connectivity index (χ3n) is 11.1. The van der Waals surface area contributed by atoms with E-state index in [9.17, 15) is 10.2 Å².